The Morgan fingerprint density at radius 2 is 2.38 bits per heavy atom. The molecule has 21 heavy (non-hydrogen) atoms. The molecule has 0 saturated carbocycles. The normalized spacial score (nSPS) is 18.4. The Morgan fingerprint density at radius 1 is 1.48 bits per heavy atom. The summed E-state index contributed by atoms with van der Waals surface area (Å²) in [6.07, 6.45) is 5.28. The highest BCUT2D eigenvalue weighted by Gasteiger charge is 2.17. The third-order valence-electron chi connectivity index (χ3n) is 3.77. The first kappa shape index (κ1) is 13.8. The van der Waals surface area contributed by atoms with Crippen molar-refractivity contribution >= 4 is 5.91 Å². The van der Waals surface area contributed by atoms with Gasteiger partial charge in [0.05, 0.1) is 5.69 Å². The fraction of sp³-hybridized carbons (Fsp3) is 0.400. The highest BCUT2D eigenvalue weighted by Crippen LogP contribution is 2.14. The summed E-state index contributed by atoms with van der Waals surface area (Å²) in [5, 5.41) is 10.5. The predicted molar refractivity (Wildman–Crippen MR) is 79.5 cm³/mol. The second-order valence-electron chi connectivity index (χ2n) is 5.36. The minimum Gasteiger partial charge on any atom is -0.348 e. The van der Waals surface area contributed by atoms with Crippen LogP contribution >= 0.6 is 0 Å². The molecule has 1 aliphatic heterocycles. The van der Waals surface area contributed by atoms with Crippen molar-refractivity contribution < 1.29 is 4.79 Å². The van der Waals surface area contributed by atoms with Crippen LogP contribution in [0.2, 0.25) is 0 Å². The van der Waals surface area contributed by atoms with E-state index in [4.69, 9.17) is 0 Å². The van der Waals surface area contributed by atoms with E-state index in [0.717, 1.165) is 37.2 Å². The van der Waals surface area contributed by atoms with Crippen LogP contribution in [0.3, 0.4) is 0 Å². The van der Waals surface area contributed by atoms with Crippen molar-refractivity contribution in [1.82, 2.24) is 25.4 Å². The maximum atomic E-state index is 12.4. The minimum absolute atomic E-state index is 0.00802. The zero-order valence-corrected chi connectivity index (χ0v) is 12.0. The average molecular weight is 285 g/mol. The van der Waals surface area contributed by atoms with E-state index in [2.05, 4.69) is 20.7 Å². The molecule has 1 saturated heterocycles. The van der Waals surface area contributed by atoms with Crippen LogP contribution in [0.4, 0.5) is 0 Å². The average Bonchev–Trinajstić information content (AvgIpc) is 3.02. The van der Waals surface area contributed by atoms with E-state index in [9.17, 15) is 4.79 Å². The molecule has 1 aromatic heterocycles. The van der Waals surface area contributed by atoms with Gasteiger partial charge in [-0.1, -0.05) is 0 Å². The zero-order valence-electron chi connectivity index (χ0n) is 12.0. The molecule has 110 valence electrons. The molecule has 1 atom stereocenters. The lowest BCUT2D eigenvalue weighted by atomic mass is 10.0. The summed E-state index contributed by atoms with van der Waals surface area (Å²) >= 11 is 0. The molecule has 1 aliphatic rings. The number of benzene rings is 1. The lowest BCUT2D eigenvalue weighted by Crippen LogP contribution is -2.45. The quantitative estimate of drug-likeness (QED) is 0.884. The van der Waals surface area contributed by atoms with Gasteiger partial charge in [0, 0.05) is 18.2 Å². The van der Waals surface area contributed by atoms with E-state index < -0.39 is 0 Å². The lowest BCUT2D eigenvalue weighted by Gasteiger charge is -2.24. The van der Waals surface area contributed by atoms with E-state index in [-0.39, 0.29) is 11.9 Å². The van der Waals surface area contributed by atoms with Gasteiger partial charge in [-0.15, -0.1) is 0 Å². The standard InChI is InChI=1S/C15H19N5O/c1-11-7-13(20-10-17-9-18-20)4-5-14(11)15(21)19-12-3-2-6-16-8-12/h4-5,7,9-10,12,16H,2-3,6,8H2,1H3,(H,19,21). The molecule has 0 spiro atoms. The molecule has 0 aliphatic carbocycles. The van der Waals surface area contributed by atoms with Crippen molar-refractivity contribution in [2.24, 2.45) is 0 Å². The van der Waals surface area contributed by atoms with Crippen molar-refractivity contribution in [3.63, 3.8) is 0 Å². The highest BCUT2D eigenvalue weighted by atomic mass is 16.1. The van der Waals surface area contributed by atoms with Crippen molar-refractivity contribution in [2.45, 2.75) is 25.8 Å². The molecule has 6 heteroatoms. The number of hydrogen-bond donors (Lipinski definition) is 2. The van der Waals surface area contributed by atoms with Gasteiger partial charge in [0.15, 0.2) is 0 Å². The van der Waals surface area contributed by atoms with Crippen LogP contribution in [-0.4, -0.2) is 39.8 Å². The van der Waals surface area contributed by atoms with E-state index in [1.807, 2.05) is 25.1 Å². The Bertz CT molecular complexity index is 617. The second kappa shape index (κ2) is 6.05. The van der Waals surface area contributed by atoms with Crippen LogP contribution in [0.25, 0.3) is 5.69 Å². The number of carbonyl (C=O) groups excluding carboxylic acids is 1. The van der Waals surface area contributed by atoms with Gasteiger partial charge in [0.2, 0.25) is 0 Å². The van der Waals surface area contributed by atoms with E-state index in [1.165, 1.54) is 6.33 Å². The van der Waals surface area contributed by atoms with Crippen LogP contribution in [0.5, 0.6) is 0 Å². The van der Waals surface area contributed by atoms with E-state index >= 15 is 0 Å². The summed E-state index contributed by atoms with van der Waals surface area (Å²) in [6, 6.07) is 5.90. The van der Waals surface area contributed by atoms with Crippen LogP contribution in [-0.2, 0) is 0 Å². The number of nitrogens with zero attached hydrogens (tertiary/aromatic N) is 3. The molecular weight excluding hydrogens is 266 g/mol. The third kappa shape index (κ3) is 3.11. The number of nitrogens with one attached hydrogen (secondary N) is 2. The number of amides is 1. The minimum atomic E-state index is -0.00802. The summed E-state index contributed by atoms with van der Waals surface area (Å²) in [5.41, 5.74) is 2.55. The molecule has 0 bridgehead atoms. The van der Waals surface area contributed by atoms with Gasteiger partial charge >= 0.3 is 0 Å². The van der Waals surface area contributed by atoms with Gasteiger partial charge in [-0.05, 0) is 50.1 Å². The molecule has 2 N–H and O–H groups in total. The van der Waals surface area contributed by atoms with Gasteiger partial charge in [-0.2, -0.15) is 5.10 Å². The maximum absolute atomic E-state index is 12.4. The number of rotatable bonds is 3. The lowest BCUT2D eigenvalue weighted by molar-refractivity contribution is 0.0930. The SMILES string of the molecule is Cc1cc(-n2cncn2)ccc1C(=O)NC1CCCNC1. The summed E-state index contributed by atoms with van der Waals surface area (Å²) in [6.45, 7) is 3.83. The van der Waals surface area contributed by atoms with Crippen molar-refractivity contribution in [1.29, 1.82) is 0 Å². The summed E-state index contributed by atoms with van der Waals surface area (Å²) < 4.78 is 1.68. The Labute approximate surface area is 123 Å². The van der Waals surface area contributed by atoms with Crippen LogP contribution < -0.4 is 10.6 Å². The largest absolute Gasteiger partial charge is 0.348 e. The molecule has 3 rings (SSSR count). The summed E-state index contributed by atoms with van der Waals surface area (Å²) in [5.74, 6) is -0.00802. The molecule has 0 radical (unpaired) electrons. The fourth-order valence-corrected chi connectivity index (χ4v) is 2.62. The molecule has 1 amide bonds. The predicted octanol–water partition coefficient (Wildman–Crippen LogP) is 1.06. The first-order valence-corrected chi connectivity index (χ1v) is 7.21. The summed E-state index contributed by atoms with van der Waals surface area (Å²) in [7, 11) is 0. The van der Waals surface area contributed by atoms with Gasteiger partial charge in [-0.25, -0.2) is 9.67 Å². The fourth-order valence-electron chi connectivity index (χ4n) is 2.62. The number of hydrogen-bond acceptors (Lipinski definition) is 4. The molecule has 2 heterocycles. The molecular formula is C15H19N5O. The second-order valence-corrected chi connectivity index (χ2v) is 5.36. The number of aryl methyl sites for hydroxylation is 1. The Balaban J connectivity index is 1.74. The topological polar surface area (TPSA) is 71.8 Å². The van der Waals surface area contributed by atoms with Crippen molar-refractivity contribution in [3.05, 3.63) is 42.0 Å². The van der Waals surface area contributed by atoms with Gasteiger partial charge in [-0.3, -0.25) is 4.79 Å². The van der Waals surface area contributed by atoms with Crippen LogP contribution in [0.15, 0.2) is 30.9 Å². The van der Waals surface area contributed by atoms with Crippen molar-refractivity contribution in [3.8, 4) is 5.69 Å². The Hall–Kier alpha value is -2.21. The van der Waals surface area contributed by atoms with Crippen molar-refractivity contribution in [2.75, 3.05) is 13.1 Å². The maximum Gasteiger partial charge on any atom is 0.251 e. The first-order valence-electron chi connectivity index (χ1n) is 7.21. The molecule has 6 nitrogen and oxygen atoms in total. The van der Waals surface area contributed by atoms with Crippen LogP contribution in [0.1, 0.15) is 28.8 Å². The monoisotopic (exact) mass is 285 g/mol. The molecule has 1 unspecified atom stereocenters. The molecule has 2 aromatic rings. The van der Waals surface area contributed by atoms with E-state index in [1.54, 1.807) is 11.0 Å². The molecule has 1 fully saturated rings. The Kier molecular flexibility index (Phi) is 3.96. The zero-order chi connectivity index (χ0) is 14.7. The summed E-state index contributed by atoms with van der Waals surface area (Å²) in [4.78, 5) is 16.3. The highest BCUT2D eigenvalue weighted by molar-refractivity contribution is 5.96. The number of carbonyl (C=O) groups is 1. The van der Waals surface area contributed by atoms with Crippen LogP contribution in [0, 0.1) is 6.92 Å². The van der Waals surface area contributed by atoms with Gasteiger partial charge in [0.1, 0.15) is 12.7 Å². The van der Waals surface area contributed by atoms with Gasteiger partial charge < -0.3 is 10.6 Å². The Morgan fingerprint density at radius 3 is 3.05 bits per heavy atom. The smallest absolute Gasteiger partial charge is 0.251 e. The third-order valence-corrected chi connectivity index (χ3v) is 3.77. The molecule has 1 aromatic carbocycles. The first-order chi connectivity index (χ1) is 10.2. The van der Waals surface area contributed by atoms with E-state index in [0.29, 0.717) is 5.56 Å². The number of piperidine rings is 1. The van der Waals surface area contributed by atoms with Gasteiger partial charge in [0.25, 0.3) is 5.91 Å². The number of aromatic nitrogens is 3.